The van der Waals surface area contributed by atoms with E-state index in [9.17, 15) is 0 Å². The molecule has 0 aromatic rings. The molecule has 0 heterocycles. The van der Waals surface area contributed by atoms with Gasteiger partial charge in [-0.3, -0.25) is 4.90 Å². The lowest BCUT2D eigenvalue weighted by atomic mass is 9.89. The number of hydrogen-bond donors (Lipinski definition) is 0. The van der Waals surface area contributed by atoms with Gasteiger partial charge in [-0.1, -0.05) is 46.3 Å². The zero-order valence-corrected chi connectivity index (χ0v) is 16.3. The highest BCUT2D eigenvalue weighted by atomic mass is 15.2. The first kappa shape index (κ1) is 25.6. The molecular formula is C20H45N. The van der Waals surface area contributed by atoms with E-state index < -0.39 is 0 Å². The summed E-state index contributed by atoms with van der Waals surface area (Å²) in [4.78, 5) is 2.50. The SMILES string of the molecule is C.CC(C)=C(C(C)C)C(C)C.CC(C)N(C(C)C)C(C)C. The Bertz CT molecular complexity index is 237. The molecule has 0 radical (unpaired) electrons. The van der Waals surface area contributed by atoms with Crippen LogP contribution in [0.3, 0.4) is 0 Å². The van der Waals surface area contributed by atoms with E-state index in [2.05, 4.69) is 88.0 Å². The fraction of sp³-hybridized carbons (Fsp3) is 0.900. The topological polar surface area (TPSA) is 3.24 Å². The van der Waals surface area contributed by atoms with Crippen LogP contribution in [0.2, 0.25) is 0 Å². The van der Waals surface area contributed by atoms with Crippen LogP contribution in [0.5, 0.6) is 0 Å². The lowest BCUT2D eigenvalue weighted by Crippen LogP contribution is -2.42. The van der Waals surface area contributed by atoms with E-state index in [1.807, 2.05) is 0 Å². The van der Waals surface area contributed by atoms with Crippen molar-refractivity contribution in [3.63, 3.8) is 0 Å². The van der Waals surface area contributed by atoms with Crippen molar-refractivity contribution in [1.29, 1.82) is 0 Å². The second-order valence-electron chi connectivity index (χ2n) is 7.49. The molecule has 0 fully saturated rings. The normalized spacial score (nSPS) is 11.1. The van der Waals surface area contributed by atoms with Gasteiger partial charge in [0.2, 0.25) is 0 Å². The summed E-state index contributed by atoms with van der Waals surface area (Å²) >= 11 is 0. The molecule has 0 aliphatic heterocycles. The third-order valence-corrected chi connectivity index (χ3v) is 3.61. The Morgan fingerprint density at radius 3 is 0.810 bits per heavy atom. The van der Waals surface area contributed by atoms with Gasteiger partial charge in [-0.25, -0.2) is 0 Å². The van der Waals surface area contributed by atoms with E-state index in [4.69, 9.17) is 0 Å². The quantitative estimate of drug-likeness (QED) is 0.505. The maximum absolute atomic E-state index is 2.50. The van der Waals surface area contributed by atoms with Crippen molar-refractivity contribution < 1.29 is 0 Å². The third-order valence-electron chi connectivity index (χ3n) is 3.61. The summed E-state index contributed by atoms with van der Waals surface area (Å²) in [7, 11) is 0. The molecule has 0 aliphatic rings. The van der Waals surface area contributed by atoms with Crippen LogP contribution < -0.4 is 0 Å². The van der Waals surface area contributed by atoms with Crippen molar-refractivity contribution in [1.82, 2.24) is 4.90 Å². The zero-order chi connectivity index (χ0) is 16.6. The van der Waals surface area contributed by atoms with Gasteiger partial charge in [0.15, 0.2) is 0 Å². The average molecular weight is 300 g/mol. The van der Waals surface area contributed by atoms with Crippen molar-refractivity contribution in [3.8, 4) is 0 Å². The summed E-state index contributed by atoms with van der Waals surface area (Å²) < 4.78 is 0. The highest BCUT2D eigenvalue weighted by Crippen LogP contribution is 2.22. The summed E-state index contributed by atoms with van der Waals surface area (Å²) in [6.07, 6.45) is 0. The Kier molecular flexibility index (Phi) is 15.0. The lowest BCUT2D eigenvalue weighted by Gasteiger charge is -2.34. The van der Waals surface area contributed by atoms with E-state index in [-0.39, 0.29) is 7.43 Å². The molecule has 0 N–H and O–H groups in total. The van der Waals surface area contributed by atoms with Gasteiger partial charge in [-0.05, 0) is 67.2 Å². The Labute approximate surface area is 137 Å². The summed E-state index contributed by atoms with van der Waals surface area (Å²) in [5.74, 6) is 1.43. The zero-order valence-electron chi connectivity index (χ0n) is 16.3. The predicted molar refractivity (Wildman–Crippen MR) is 102 cm³/mol. The highest BCUT2D eigenvalue weighted by molar-refractivity contribution is 5.13. The first-order chi connectivity index (χ1) is 8.93. The summed E-state index contributed by atoms with van der Waals surface area (Å²) in [6.45, 7) is 27.0. The van der Waals surface area contributed by atoms with E-state index in [1.165, 1.54) is 5.57 Å². The summed E-state index contributed by atoms with van der Waals surface area (Å²) in [5.41, 5.74) is 3.10. The van der Waals surface area contributed by atoms with Crippen LogP contribution in [-0.2, 0) is 0 Å². The van der Waals surface area contributed by atoms with Gasteiger partial charge in [0.25, 0.3) is 0 Å². The van der Waals surface area contributed by atoms with Crippen LogP contribution in [0.15, 0.2) is 11.1 Å². The van der Waals surface area contributed by atoms with Crippen LogP contribution >= 0.6 is 0 Å². The minimum absolute atomic E-state index is 0. The van der Waals surface area contributed by atoms with Crippen LogP contribution in [0, 0.1) is 11.8 Å². The average Bonchev–Trinajstić information content (AvgIpc) is 2.12. The molecule has 0 bridgehead atoms. The van der Waals surface area contributed by atoms with Gasteiger partial charge in [0.05, 0.1) is 0 Å². The first-order valence-corrected chi connectivity index (χ1v) is 8.38. The minimum Gasteiger partial charge on any atom is -0.296 e. The Hall–Kier alpha value is -0.300. The van der Waals surface area contributed by atoms with Crippen LogP contribution in [0.1, 0.15) is 90.5 Å². The fourth-order valence-electron chi connectivity index (χ4n) is 3.61. The minimum atomic E-state index is 0. The molecule has 0 aliphatic carbocycles. The molecule has 0 spiro atoms. The number of rotatable bonds is 5. The van der Waals surface area contributed by atoms with E-state index in [1.54, 1.807) is 5.57 Å². The second kappa shape index (κ2) is 12.3. The van der Waals surface area contributed by atoms with E-state index in [0.717, 1.165) is 0 Å². The highest BCUT2D eigenvalue weighted by Gasteiger charge is 2.15. The smallest absolute Gasteiger partial charge is 0.00439 e. The molecule has 0 aromatic carbocycles. The van der Waals surface area contributed by atoms with Gasteiger partial charge in [-0.2, -0.15) is 0 Å². The molecule has 0 rings (SSSR count). The van der Waals surface area contributed by atoms with Gasteiger partial charge in [0.1, 0.15) is 0 Å². The maximum Gasteiger partial charge on any atom is 0.00439 e. The van der Waals surface area contributed by atoms with Crippen molar-refractivity contribution in [2.75, 3.05) is 0 Å². The summed E-state index contributed by atoms with van der Waals surface area (Å²) in [6, 6.07) is 2.00. The van der Waals surface area contributed by atoms with Crippen LogP contribution in [0.4, 0.5) is 0 Å². The molecule has 0 amide bonds. The summed E-state index contributed by atoms with van der Waals surface area (Å²) in [5, 5.41) is 0. The van der Waals surface area contributed by atoms with Crippen molar-refractivity contribution in [3.05, 3.63) is 11.1 Å². The molecular weight excluding hydrogens is 254 g/mol. The van der Waals surface area contributed by atoms with E-state index >= 15 is 0 Å². The van der Waals surface area contributed by atoms with Gasteiger partial charge < -0.3 is 0 Å². The molecule has 0 saturated carbocycles. The predicted octanol–water partition coefficient (Wildman–Crippen LogP) is 6.78. The molecule has 130 valence electrons. The maximum atomic E-state index is 2.50. The second-order valence-corrected chi connectivity index (χ2v) is 7.49. The van der Waals surface area contributed by atoms with Crippen molar-refractivity contribution in [2.24, 2.45) is 11.8 Å². The molecule has 0 atom stereocenters. The lowest BCUT2D eigenvalue weighted by molar-refractivity contribution is 0.133. The Morgan fingerprint density at radius 1 is 0.571 bits per heavy atom. The molecule has 0 saturated heterocycles. The Morgan fingerprint density at radius 2 is 0.810 bits per heavy atom. The molecule has 1 nitrogen and oxygen atoms in total. The van der Waals surface area contributed by atoms with Gasteiger partial charge >= 0.3 is 0 Å². The van der Waals surface area contributed by atoms with Crippen LogP contribution in [-0.4, -0.2) is 23.0 Å². The standard InChI is InChI=1S/C10H20.C9H21N.CH4/c2*1-7(2)10(8(3)4)9(5)6;/h7-8H,1-6H3;7-9H,1-6H3;1H4. The third kappa shape index (κ3) is 11.0. The molecule has 0 aromatic heterocycles. The largest absolute Gasteiger partial charge is 0.296 e. The number of allylic oxidation sites excluding steroid dienone is 2. The van der Waals surface area contributed by atoms with Crippen molar-refractivity contribution >= 4 is 0 Å². The van der Waals surface area contributed by atoms with E-state index in [0.29, 0.717) is 30.0 Å². The number of nitrogens with zero attached hydrogens (tertiary/aromatic N) is 1. The molecule has 1 heteroatoms. The number of hydrogen-bond acceptors (Lipinski definition) is 1. The van der Waals surface area contributed by atoms with Crippen LogP contribution in [0.25, 0.3) is 0 Å². The molecule has 0 unspecified atom stereocenters. The first-order valence-electron chi connectivity index (χ1n) is 8.38. The van der Waals surface area contributed by atoms with Gasteiger partial charge in [-0.15, -0.1) is 0 Å². The molecule has 21 heavy (non-hydrogen) atoms. The Balaban J connectivity index is -0.000000295. The van der Waals surface area contributed by atoms with Gasteiger partial charge in [0, 0.05) is 18.1 Å². The van der Waals surface area contributed by atoms with Crippen molar-refractivity contribution in [2.45, 2.75) is 109 Å². The monoisotopic (exact) mass is 299 g/mol. The fourth-order valence-corrected chi connectivity index (χ4v) is 3.61.